The van der Waals surface area contributed by atoms with Crippen LogP contribution in [0.25, 0.3) is 0 Å². The number of aliphatic imine (C=N–C) groups is 1. The fourth-order valence-electron chi connectivity index (χ4n) is 3.53. The number of hydrogen-bond donors (Lipinski definition) is 2. The standard InChI is InChI=1S/C21H37N5OS.HI/c1-4-22-21(23-12-9-20(27)26(5-2)6-3)24-16-18-10-13-25(14-11-18)17-19-8-7-15-28-19;/h7-8,15,18H,4-6,9-14,16-17H2,1-3H3,(H2,22,23,24);1H. The molecule has 166 valence electrons. The summed E-state index contributed by atoms with van der Waals surface area (Å²) in [7, 11) is 0. The zero-order valence-electron chi connectivity index (χ0n) is 18.2. The minimum Gasteiger partial charge on any atom is -0.357 e. The third-order valence-corrected chi connectivity index (χ3v) is 6.13. The van der Waals surface area contributed by atoms with Crippen molar-refractivity contribution >= 4 is 47.2 Å². The number of thiophene rings is 1. The average Bonchev–Trinajstić information content (AvgIpc) is 3.21. The number of rotatable bonds is 10. The fourth-order valence-corrected chi connectivity index (χ4v) is 4.28. The second kappa shape index (κ2) is 15.0. The normalized spacial score (nSPS) is 15.6. The maximum atomic E-state index is 12.1. The van der Waals surface area contributed by atoms with Gasteiger partial charge in [0.15, 0.2) is 5.96 Å². The van der Waals surface area contributed by atoms with Crippen LogP contribution in [-0.4, -0.2) is 67.5 Å². The molecule has 0 aromatic carbocycles. The van der Waals surface area contributed by atoms with E-state index in [9.17, 15) is 4.79 Å². The summed E-state index contributed by atoms with van der Waals surface area (Å²) in [5.41, 5.74) is 0. The Labute approximate surface area is 197 Å². The highest BCUT2D eigenvalue weighted by molar-refractivity contribution is 14.0. The summed E-state index contributed by atoms with van der Waals surface area (Å²) in [6, 6.07) is 4.35. The smallest absolute Gasteiger partial charge is 0.224 e. The molecule has 1 aromatic rings. The molecule has 2 heterocycles. The monoisotopic (exact) mass is 535 g/mol. The lowest BCUT2D eigenvalue weighted by molar-refractivity contribution is -0.130. The van der Waals surface area contributed by atoms with Gasteiger partial charge in [-0.1, -0.05) is 6.07 Å². The summed E-state index contributed by atoms with van der Waals surface area (Å²) in [5.74, 6) is 1.68. The van der Waals surface area contributed by atoms with Crippen LogP contribution >= 0.6 is 35.3 Å². The number of likely N-dealkylation sites (tertiary alicyclic amines) is 1. The zero-order chi connectivity index (χ0) is 20.2. The van der Waals surface area contributed by atoms with Gasteiger partial charge >= 0.3 is 0 Å². The molecule has 0 radical (unpaired) electrons. The van der Waals surface area contributed by atoms with Gasteiger partial charge < -0.3 is 15.5 Å². The SMILES string of the molecule is CCNC(=NCC1CCN(Cc2cccs2)CC1)NCCC(=O)N(CC)CC.I. The van der Waals surface area contributed by atoms with Crippen LogP contribution in [0, 0.1) is 5.92 Å². The maximum absolute atomic E-state index is 12.1. The molecule has 1 aliphatic heterocycles. The molecule has 1 aromatic heterocycles. The molecule has 0 unspecified atom stereocenters. The van der Waals surface area contributed by atoms with Crippen molar-refractivity contribution in [2.24, 2.45) is 10.9 Å². The number of carbonyl (C=O) groups excluding carboxylic acids is 1. The zero-order valence-corrected chi connectivity index (χ0v) is 21.3. The first kappa shape index (κ1) is 26.2. The topological polar surface area (TPSA) is 60.0 Å². The first-order valence-corrected chi connectivity index (χ1v) is 11.6. The van der Waals surface area contributed by atoms with Crippen LogP contribution in [0.4, 0.5) is 0 Å². The Morgan fingerprint density at radius 1 is 1.24 bits per heavy atom. The van der Waals surface area contributed by atoms with E-state index in [-0.39, 0.29) is 29.9 Å². The van der Waals surface area contributed by atoms with Crippen molar-refractivity contribution in [2.75, 3.05) is 45.8 Å². The number of nitrogens with one attached hydrogen (secondary N) is 2. The summed E-state index contributed by atoms with van der Waals surface area (Å²) in [6.45, 7) is 13.4. The number of hydrogen-bond acceptors (Lipinski definition) is 4. The summed E-state index contributed by atoms with van der Waals surface area (Å²) in [5, 5.41) is 8.77. The maximum Gasteiger partial charge on any atom is 0.224 e. The van der Waals surface area contributed by atoms with Crippen LogP contribution in [-0.2, 0) is 11.3 Å². The average molecular weight is 536 g/mol. The fraction of sp³-hybridized carbons (Fsp3) is 0.714. The first-order chi connectivity index (χ1) is 13.7. The summed E-state index contributed by atoms with van der Waals surface area (Å²) < 4.78 is 0. The third-order valence-electron chi connectivity index (χ3n) is 5.27. The largest absolute Gasteiger partial charge is 0.357 e. The van der Waals surface area contributed by atoms with Crippen molar-refractivity contribution < 1.29 is 4.79 Å². The van der Waals surface area contributed by atoms with Crippen LogP contribution in [0.3, 0.4) is 0 Å². The van der Waals surface area contributed by atoms with Crippen molar-refractivity contribution in [3.8, 4) is 0 Å². The molecule has 8 heteroatoms. The number of guanidine groups is 1. The van der Waals surface area contributed by atoms with E-state index in [4.69, 9.17) is 4.99 Å². The molecule has 0 saturated carbocycles. The molecule has 0 bridgehead atoms. The molecular weight excluding hydrogens is 497 g/mol. The van der Waals surface area contributed by atoms with Crippen molar-refractivity contribution in [3.63, 3.8) is 0 Å². The molecule has 0 aliphatic carbocycles. The Morgan fingerprint density at radius 2 is 1.97 bits per heavy atom. The van der Waals surface area contributed by atoms with E-state index in [1.54, 1.807) is 0 Å². The Kier molecular flexibility index (Phi) is 13.5. The number of halogens is 1. The molecular formula is C21H38IN5OS. The van der Waals surface area contributed by atoms with E-state index in [1.807, 2.05) is 30.1 Å². The van der Waals surface area contributed by atoms with Gasteiger partial charge in [-0.05, 0) is 64.1 Å². The Bertz CT molecular complexity index is 584. The van der Waals surface area contributed by atoms with Crippen LogP contribution in [0.5, 0.6) is 0 Å². The van der Waals surface area contributed by atoms with Crippen molar-refractivity contribution in [1.29, 1.82) is 0 Å². The lowest BCUT2D eigenvalue weighted by atomic mass is 9.97. The molecule has 2 N–H and O–H groups in total. The van der Waals surface area contributed by atoms with Gasteiger partial charge in [-0.2, -0.15) is 0 Å². The van der Waals surface area contributed by atoms with E-state index >= 15 is 0 Å². The highest BCUT2D eigenvalue weighted by Crippen LogP contribution is 2.20. The van der Waals surface area contributed by atoms with E-state index in [2.05, 4.69) is 40.0 Å². The van der Waals surface area contributed by atoms with E-state index in [0.717, 1.165) is 51.8 Å². The summed E-state index contributed by atoms with van der Waals surface area (Å²) in [6.07, 6.45) is 2.91. The van der Waals surface area contributed by atoms with Gasteiger partial charge in [-0.25, -0.2) is 0 Å². The number of amides is 1. The Hall–Kier alpha value is -0.870. The highest BCUT2D eigenvalue weighted by atomic mass is 127. The first-order valence-electron chi connectivity index (χ1n) is 10.7. The van der Waals surface area contributed by atoms with Gasteiger partial charge in [-0.3, -0.25) is 14.7 Å². The lowest BCUT2D eigenvalue weighted by Gasteiger charge is -2.31. The quantitative estimate of drug-likeness (QED) is 0.274. The van der Waals surface area contributed by atoms with E-state index in [0.29, 0.717) is 18.9 Å². The van der Waals surface area contributed by atoms with Gasteiger partial charge in [0.25, 0.3) is 0 Å². The predicted octanol–water partition coefficient (Wildman–Crippen LogP) is 3.39. The molecule has 1 saturated heterocycles. The third kappa shape index (κ3) is 9.65. The number of nitrogens with zero attached hydrogens (tertiary/aromatic N) is 3. The Morgan fingerprint density at radius 3 is 2.55 bits per heavy atom. The molecule has 1 fully saturated rings. The number of carbonyl (C=O) groups is 1. The van der Waals surface area contributed by atoms with Gasteiger partial charge in [0.1, 0.15) is 0 Å². The molecule has 2 rings (SSSR count). The minimum absolute atomic E-state index is 0. The molecule has 0 atom stereocenters. The number of piperidine rings is 1. The molecule has 6 nitrogen and oxygen atoms in total. The molecule has 1 aliphatic rings. The Balaban J connectivity index is 0.00000420. The van der Waals surface area contributed by atoms with Crippen LogP contribution < -0.4 is 10.6 Å². The second-order valence-corrected chi connectivity index (χ2v) is 8.29. The second-order valence-electron chi connectivity index (χ2n) is 7.26. The summed E-state index contributed by atoms with van der Waals surface area (Å²) >= 11 is 1.84. The predicted molar refractivity (Wildman–Crippen MR) is 134 cm³/mol. The van der Waals surface area contributed by atoms with Crippen molar-refractivity contribution in [1.82, 2.24) is 20.4 Å². The molecule has 0 spiro atoms. The molecule has 1 amide bonds. The highest BCUT2D eigenvalue weighted by Gasteiger charge is 2.19. The van der Waals surface area contributed by atoms with Crippen molar-refractivity contribution in [2.45, 2.75) is 46.6 Å². The van der Waals surface area contributed by atoms with Gasteiger partial charge in [-0.15, -0.1) is 35.3 Å². The van der Waals surface area contributed by atoms with E-state index < -0.39 is 0 Å². The van der Waals surface area contributed by atoms with E-state index in [1.165, 1.54) is 17.7 Å². The molecule has 29 heavy (non-hydrogen) atoms. The van der Waals surface area contributed by atoms with Gasteiger partial charge in [0.2, 0.25) is 5.91 Å². The van der Waals surface area contributed by atoms with Crippen LogP contribution in [0.1, 0.15) is 44.9 Å². The summed E-state index contributed by atoms with van der Waals surface area (Å²) in [4.78, 5) is 22.8. The van der Waals surface area contributed by atoms with Gasteiger partial charge in [0.05, 0.1) is 0 Å². The minimum atomic E-state index is 0. The van der Waals surface area contributed by atoms with Gasteiger partial charge in [0, 0.05) is 50.6 Å². The lowest BCUT2D eigenvalue weighted by Crippen LogP contribution is -2.40. The van der Waals surface area contributed by atoms with Crippen LogP contribution in [0.2, 0.25) is 0 Å². The van der Waals surface area contributed by atoms with Crippen molar-refractivity contribution in [3.05, 3.63) is 22.4 Å². The van der Waals surface area contributed by atoms with Crippen LogP contribution in [0.15, 0.2) is 22.5 Å².